The zero-order valence-electron chi connectivity index (χ0n) is 11.9. The second-order valence-electron chi connectivity index (χ2n) is 5.19. The van der Waals surface area contributed by atoms with E-state index in [-0.39, 0.29) is 5.91 Å². The van der Waals surface area contributed by atoms with E-state index < -0.39 is 0 Å². The summed E-state index contributed by atoms with van der Waals surface area (Å²) in [6.45, 7) is 5.05. The number of carbonyl (C=O) groups is 1. The van der Waals surface area contributed by atoms with Crippen LogP contribution in [0.1, 0.15) is 16.1 Å². The molecule has 0 radical (unpaired) electrons. The van der Waals surface area contributed by atoms with Crippen molar-refractivity contribution in [3.05, 3.63) is 52.9 Å². The lowest BCUT2D eigenvalue weighted by Gasteiger charge is -2.36. The fourth-order valence-corrected chi connectivity index (χ4v) is 2.80. The molecule has 1 fully saturated rings. The van der Waals surface area contributed by atoms with Gasteiger partial charge in [0.05, 0.1) is 6.26 Å². The lowest BCUT2D eigenvalue weighted by molar-refractivity contribution is 0.0714. The Bertz CT molecular complexity index is 632. The highest BCUT2D eigenvalue weighted by molar-refractivity contribution is 6.30. The summed E-state index contributed by atoms with van der Waals surface area (Å²) in [5.41, 5.74) is 2.35. The molecule has 1 aliphatic heterocycles. The molecule has 1 aromatic carbocycles. The van der Waals surface area contributed by atoms with Crippen molar-refractivity contribution in [2.75, 3.05) is 31.1 Å². The Balaban J connectivity index is 1.68. The fourth-order valence-electron chi connectivity index (χ4n) is 2.63. The minimum Gasteiger partial charge on any atom is -0.459 e. The maximum atomic E-state index is 12.2. The first kappa shape index (κ1) is 14.0. The first-order chi connectivity index (χ1) is 10.1. The summed E-state index contributed by atoms with van der Waals surface area (Å²) in [5.74, 6) is 0.366. The van der Waals surface area contributed by atoms with E-state index in [4.69, 9.17) is 16.0 Å². The predicted octanol–water partition coefficient (Wildman–Crippen LogP) is 3.20. The Morgan fingerprint density at radius 3 is 2.62 bits per heavy atom. The van der Waals surface area contributed by atoms with Crippen LogP contribution in [0.4, 0.5) is 5.69 Å². The van der Waals surface area contributed by atoms with Gasteiger partial charge in [-0.15, -0.1) is 0 Å². The number of rotatable bonds is 2. The number of aryl methyl sites for hydroxylation is 1. The molecule has 3 rings (SSSR count). The van der Waals surface area contributed by atoms with Gasteiger partial charge in [0.1, 0.15) is 0 Å². The fraction of sp³-hybridized carbons (Fsp3) is 0.312. The Hall–Kier alpha value is -1.94. The van der Waals surface area contributed by atoms with Gasteiger partial charge in [-0.3, -0.25) is 4.79 Å². The summed E-state index contributed by atoms with van der Waals surface area (Å²) >= 11 is 6.08. The second-order valence-corrected chi connectivity index (χ2v) is 5.62. The molecule has 2 heterocycles. The van der Waals surface area contributed by atoms with Gasteiger partial charge in [-0.1, -0.05) is 17.7 Å². The quantitative estimate of drug-likeness (QED) is 0.855. The average Bonchev–Trinajstić information content (AvgIpc) is 3.03. The number of hydrogen-bond donors (Lipinski definition) is 0. The van der Waals surface area contributed by atoms with E-state index in [1.54, 1.807) is 12.1 Å². The van der Waals surface area contributed by atoms with Crippen LogP contribution >= 0.6 is 11.6 Å². The van der Waals surface area contributed by atoms with E-state index in [1.807, 2.05) is 23.1 Å². The third-order valence-corrected chi connectivity index (χ3v) is 4.05. The molecule has 1 aromatic heterocycles. The summed E-state index contributed by atoms with van der Waals surface area (Å²) in [5, 5.41) is 0.740. The van der Waals surface area contributed by atoms with E-state index in [0.717, 1.165) is 23.8 Å². The molecule has 0 N–H and O–H groups in total. The zero-order chi connectivity index (χ0) is 14.8. The molecule has 0 spiro atoms. The Kier molecular flexibility index (Phi) is 3.88. The van der Waals surface area contributed by atoms with Crippen LogP contribution in [0.2, 0.25) is 5.02 Å². The standard InChI is InChI=1S/C16H17ClN2O2/c1-12-4-5-13(17)11-14(12)18-6-8-19(9-7-18)16(20)15-3-2-10-21-15/h2-5,10-11H,6-9H2,1H3. The third-order valence-electron chi connectivity index (χ3n) is 3.81. The molecule has 1 aliphatic rings. The van der Waals surface area contributed by atoms with Crippen LogP contribution in [0, 0.1) is 6.92 Å². The van der Waals surface area contributed by atoms with Gasteiger partial charge in [0.2, 0.25) is 0 Å². The highest BCUT2D eigenvalue weighted by Crippen LogP contribution is 2.25. The van der Waals surface area contributed by atoms with Gasteiger partial charge in [-0.05, 0) is 36.8 Å². The second kappa shape index (κ2) is 5.82. The molecular weight excluding hydrogens is 288 g/mol. The van der Waals surface area contributed by atoms with Crippen molar-refractivity contribution >= 4 is 23.2 Å². The topological polar surface area (TPSA) is 36.7 Å². The van der Waals surface area contributed by atoms with Crippen molar-refractivity contribution in [3.8, 4) is 0 Å². The summed E-state index contributed by atoms with van der Waals surface area (Å²) in [7, 11) is 0. The summed E-state index contributed by atoms with van der Waals surface area (Å²) in [6.07, 6.45) is 1.53. The van der Waals surface area contributed by atoms with Crippen LogP contribution in [0.3, 0.4) is 0 Å². The third kappa shape index (κ3) is 2.90. The van der Waals surface area contributed by atoms with Gasteiger partial charge in [0.15, 0.2) is 5.76 Å². The van der Waals surface area contributed by atoms with Gasteiger partial charge >= 0.3 is 0 Å². The van der Waals surface area contributed by atoms with Crippen molar-refractivity contribution < 1.29 is 9.21 Å². The smallest absolute Gasteiger partial charge is 0.289 e. The maximum absolute atomic E-state index is 12.2. The van der Waals surface area contributed by atoms with E-state index in [2.05, 4.69) is 11.8 Å². The molecule has 1 saturated heterocycles. The highest BCUT2D eigenvalue weighted by Gasteiger charge is 2.24. The lowest BCUT2D eigenvalue weighted by Crippen LogP contribution is -2.48. The monoisotopic (exact) mass is 304 g/mol. The molecular formula is C16H17ClN2O2. The number of halogens is 1. The molecule has 0 aliphatic carbocycles. The maximum Gasteiger partial charge on any atom is 0.289 e. The van der Waals surface area contributed by atoms with E-state index >= 15 is 0 Å². The van der Waals surface area contributed by atoms with Gasteiger partial charge in [0, 0.05) is 36.9 Å². The summed E-state index contributed by atoms with van der Waals surface area (Å²) < 4.78 is 5.17. The molecule has 21 heavy (non-hydrogen) atoms. The van der Waals surface area contributed by atoms with Crippen LogP contribution in [0.5, 0.6) is 0 Å². The van der Waals surface area contributed by atoms with Crippen molar-refractivity contribution in [2.24, 2.45) is 0 Å². The number of furan rings is 1. The van der Waals surface area contributed by atoms with Gasteiger partial charge in [0.25, 0.3) is 5.91 Å². The molecule has 110 valence electrons. The molecule has 4 nitrogen and oxygen atoms in total. The largest absolute Gasteiger partial charge is 0.459 e. The number of hydrogen-bond acceptors (Lipinski definition) is 3. The van der Waals surface area contributed by atoms with E-state index in [0.29, 0.717) is 18.8 Å². The number of nitrogens with zero attached hydrogens (tertiary/aromatic N) is 2. The molecule has 2 aromatic rings. The molecule has 0 unspecified atom stereocenters. The highest BCUT2D eigenvalue weighted by atomic mass is 35.5. The van der Waals surface area contributed by atoms with Crippen molar-refractivity contribution in [1.82, 2.24) is 4.90 Å². The first-order valence-electron chi connectivity index (χ1n) is 6.99. The normalized spacial score (nSPS) is 15.3. The average molecular weight is 305 g/mol. The minimum absolute atomic E-state index is 0.0394. The van der Waals surface area contributed by atoms with Crippen LogP contribution in [-0.4, -0.2) is 37.0 Å². The molecule has 1 amide bonds. The Morgan fingerprint density at radius 2 is 1.95 bits per heavy atom. The molecule has 0 atom stereocenters. The lowest BCUT2D eigenvalue weighted by atomic mass is 10.1. The van der Waals surface area contributed by atoms with Gasteiger partial charge < -0.3 is 14.2 Å². The first-order valence-corrected chi connectivity index (χ1v) is 7.37. The summed E-state index contributed by atoms with van der Waals surface area (Å²) in [4.78, 5) is 16.3. The van der Waals surface area contributed by atoms with Crippen molar-refractivity contribution in [2.45, 2.75) is 6.92 Å². The van der Waals surface area contributed by atoms with E-state index in [1.165, 1.54) is 11.8 Å². The molecule has 0 bridgehead atoms. The minimum atomic E-state index is -0.0394. The van der Waals surface area contributed by atoms with Crippen LogP contribution < -0.4 is 4.90 Å². The number of carbonyl (C=O) groups excluding carboxylic acids is 1. The molecule has 0 saturated carbocycles. The van der Waals surface area contributed by atoms with E-state index in [9.17, 15) is 4.79 Å². The SMILES string of the molecule is Cc1ccc(Cl)cc1N1CCN(C(=O)c2ccco2)CC1. The zero-order valence-corrected chi connectivity index (χ0v) is 12.6. The molecule has 5 heteroatoms. The number of anilines is 1. The van der Waals surface area contributed by atoms with Gasteiger partial charge in [-0.2, -0.15) is 0 Å². The number of piperazine rings is 1. The number of amides is 1. The predicted molar refractivity (Wildman–Crippen MR) is 83.0 cm³/mol. The number of benzene rings is 1. The van der Waals surface area contributed by atoms with Crippen LogP contribution in [0.15, 0.2) is 41.0 Å². The van der Waals surface area contributed by atoms with Crippen molar-refractivity contribution in [3.63, 3.8) is 0 Å². The Labute approximate surface area is 128 Å². The van der Waals surface area contributed by atoms with Crippen LogP contribution in [-0.2, 0) is 0 Å². The summed E-state index contributed by atoms with van der Waals surface area (Å²) in [6, 6.07) is 9.35. The van der Waals surface area contributed by atoms with Gasteiger partial charge in [-0.25, -0.2) is 0 Å². The van der Waals surface area contributed by atoms with Crippen LogP contribution in [0.25, 0.3) is 0 Å². The Morgan fingerprint density at radius 1 is 1.19 bits per heavy atom. The van der Waals surface area contributed by atoms with Crippen molar-refractivity contribution in [1.29, 1.82) is 0 Å².